The van der Waals surface area contributed by atoms with Gasteiger partial charge < -0.3 is 5.32 Å². The van der Waals surface area contributed by atoms with Gasteiger partial charge in [-0.05, 0) is 12.8 Å². The first-order valence-corrected chi connectivity index (χ1v) is 6.95. The van der Waals surface area contributed by atoms with E-state index in [0.717, 1.165) is 26.5 Å². The number of carbonyl (C=O) groups is 1. The van der Waals surface area contributed by atoms with Crippen molar-refractivity contribution in [3.8, 4) is 0 Å². The number of aromatic nitrogens is 3. The molecule has 0 unspecified atom stereocenters. The number of carbonyl (C=O) groups excluding carboxylic acids is 1. The summed E-state index contributed by atoms with van der Waals surface area (Å²) >= 11 is 0. The van der Waals surface area contributed by atoms with Crippen LogP contribution in [0.3, 0.4) is 0 Å². The molecule has 1 aromatic heterocycles. The van der Waals surface area contributed by atoms with Crippen LogP contribution in [0.25, 0.3) is 0 Å². The Hall–Kier alpha value is -2.64. The van der Waals surface area contributed by atoms with Crippen LogP contribution in [0.1, 0.15) is 12.8 Å². The highest BCUT2D eigenvalue weighted by Gasteiger charge is 2.24. The van der Waals surface area contributed by atoms with Crippen molar-refractivity contribution in [3.63, 3.8) is 0 Å². The highest BCUT2D eigenvalue weighted by molar-refractivity contribution is 5.76. The standard InChI is InChI=1S/C14H18N4O4/c1-3-7-16-12(20)17(8-4-2)14(22)18(13(16)21)9-11(19)15-10-5-6-10/h3-4,10H,1-2,5-9H2,(H,15,19). The fourth-order valence-electron chi connectivity index (χ4n) is 2.03. The second kappa shape index (κ2) is 6.42. The summed E-state index contributed by atoms with van der Waals surface area (Å²) in [6.07, 6.45) is 4.55. The molecule has 2 rings (SSSR count). The third kappa shape index (κ3) is 3.16. The van der Waals surface area contributed by atoms with E-state index in [2.05, 4.69) is 18.5 Å². The van der Waals surface area contributed by atoms with Gasteiger partial charge in [0.25, 0.3) is 0 Å². The van der Waals surface area contributed by atoms with Gasteiger partial charge in [-0.2, -0.15) is 0 Å². The molecule has 0 aromatic carbocycles. The van der Waals surface area contributed by atoms with Gasteiger partial charge in [-0.25, -0.2) is 28.1 Å². The maximum Gasteiger partial charge on any atom is 0.337 e. The summed E-state index contributed by atoms with van der Waals surface area (Å²) in [5.74, 6) is -0.421. The van der Waals surface area contributed by atoms with E-state index in [1.165, 1.54) is 12.2 Å². The van der Waals surface area contributed by atoms with Crippen LogP contribution in [-0.2, 0) is 24.4 Å². The predicted molar refractivity (Wildman–Crippen MR) is 80.8 cm³/mol. The van der Waals surface area contributed by atoms with Gasteiger partial charge in [0.15, 0.2) is 0 Å². The number of nitrogens with zero attached hydrogens (tertiary/aromatic N) is 3. The lowest BCUT2D eigenvalue weighted by Crippen LogP contribution is -2.55. The lowest BCUT2D eigenvalue weighted by molar-refractivity contribution is -0.122. The topological polar surface area (TPSA) is 95.1 Å². The van der Waals surface area contributed by atoms with E-state index in [0.29, 0.717) is 0 Å². The van der Waals surface area contributed by atoms with Gasteiger partial charge in [-0.15, -0.1) is 13.2 Å². The molecule has 0 spiro atoms. The molecule has 1 heterocycles. The molecule has 0 atom stereocenters. The van der Waals surface area contributed by atoms with Gasteiger partial charge in [-0.1, -0.05) is 12.2 Å². The summed E-state index contributed by atoms with van der Waals surface area (Å²) in [5, 5.41) is 2.70. The molecule has 22 heavy (non-hydrogen) atoms. The molecule has 8 heteroatoms. The minimum Gasteiger partial charge on any atom is -0.352 e. The maximum atomic E-state index is 12.3. The number of hydrogen-bond donors (Lipinski definition) is 1. The molecule has 1 aliphatic rings. The Balaban J connectivity index is 2.50. The average molecular weight is 306 g/mol. The third-order valence-corrected chi connectivity index (χ3v) is 3.25. The zero-order chi connectivity index (χ0) is 16.3. The molecule has 1 fully saturated rings. The molecule has 1 aromatic rings. The van der Waals surface area contributed by atoms with Gasteiger partial charge in [-0.3, -0.25) is 4.79 Å². The Bertz CT molecular complexity index is 731. The summed E-state index contributed by atoms with van der Waals surface area (Å²) in [7, 11) is 0. The van der Waals surface area contributed by atoms with E-state index in [9.17, 15) is 19.2 Å². The molecule has 8 nitrogen and oxygen atoms in total. The Morgan fingerprint density at radius 3 is 1.86 bits per heavy atom. The Morgan fingerprint density at radius 2 is 1.45 bits per heavy atom. The van der Waals surface area contributed by atoms with Crippen LogP contribution >= 0.6 is 0 Å². The van der Waals surface area contributed by atoms with Gasteiger partial charge >= 0.3 is 17.1 Å². The predicted octanol–water partition coefficient (Wildman–Crippen LogP) is -1.18. The first-order chi connectivity index (χ1) is 10.5. The van der Waals surface area contributed by atoms with Crippen molar-refractivity contribution < 1.29 is 4.79 Å². The molecule has 1 saturated carbocycles. The Morgan fingerprint density at radius 1 is 1.00 bits per heavy atom. The highest BCUT2D eigenvalue weighted by Crippen LogP contribution is 2.18. The van der Waals surface area contributed by atoms with Crippen molar-refractivity contribution in [2.45, 2.75) is 38.5 Å². The smallest absolute Gasteiger partial charge is 0.337 e. The van der Waals surface area contributed by atoms with Crippen molar-refractivity contribution in [3.05, 3.63) is 56.8 Å². The fraction of sp³-hybridized carbons (Fsp3) is 0.429. The van der Waals surface area contributed by atoms with Crippen LogP contribution < -0.4 is 22.4 Å². The minimum atomic E-state index is -0.818. The maximum absolute atomic E-state index is 12.3. The van der Waals surface area contributed by atoms with Gasteiger partial charge in [0, 0.05) is 6.04 Å². The van der Waals surface area contributed by atoms with Crippen LogP contribution in [0.4, 0.5) is 0 Å². The van der Waals surface area contributed by atoms with Crippen molar-refractivity contribution in [1.29, 1.82) is 0 Å². The van der Waals surface area contributed by atoms with Crippen molar-refractivity contribution in [2.24, 2.45) is 0 Å². The highest BCUT2D eigenvalue weighted by atomic mass is 16.2. The number of amides is 1. The number of allylic oxidation sites excluding steroid dienone is 2. The second-order valence-electron chi connectivity index (χ2n) is 5.07. The monoisotopic (exact) mass is 306 g/mol. The van der Waals surface area contributed by atoms with E-state index < -0.39 is 29.5 Å². The summed E-state index contributed by atoms with van der Waals surface area (Å²) in [6.45, 7) is 6.46. The van der Waals surface area contributed by atoms with E-state index in [1.54, 1.807) is 0 Å². The first-order valence-electron chi connectivity index (χ1n) is 6.95. The second-order valence-corrected chi connectivity index (χ2v) is 5.07. The van der Waals surface area contributed by atoms with Crippen molar-refractivity contribution in [2.75, 3.05) is 0 Å². The largest absolute Gasteiger partial charge is 0.352 e. The lowest BCUT2D eigenvalue weighted by Gasteiger charge is -2.12. The quantitative estimate of drug-likeness (QED) is 0.642. The summed E-state index contributed by atoms with van der Waals surface area (Å²) in [4.78, 5) is 48.5. The number of nitrogens with one attached hydrogen (secondary N) is 1. The molecule has 0 aliphatic heterocycles. The Labute approximate surface area is 126 Å². The number of hydrogen-bond acceptors (Lipinski definition) is 4. The summed E-state index contributed by atoms with van der Waals surface area (Å²) in [5.41, 5.74) is -2.38. The van der Waals surface area contributed by atoms with Gasteiger partial charge in [0.2, 0.25) is 5.91 Å². The van der Waals surface area contributed by atoms with Gasteiger partial charge in [0.05, 0.1) is 13.1 Å². The minimum absolute atomic E-state index is 0.0423. The molecule has 1 amide bonds. The SMILES string of the molecule is C=CCn1c(=O)n(CC=C)c(=O)n(CC(=O)NC2CC2)c1=O. The molecule has 1 N–H and O–H groups in total. The van der Waals surface area contributed by atoms with E-state index in [4.69, 9.17) is 0 Å². The fourth-order valence-corrected chi connectivity index (χ4v) is 2.03. The lowest BCUT2D eigenvalue weighted by atomic mass is 10.5. The molecule has 0 saturated heterocycles. The van der Waals surface area contributed by atoms with E-state index in [1.807, 2.05) is 0 Å². The normalized spacial score (nSPS) is 13.6. The molecular formula is C14H18N4O4. The molecule has 0 bridgehead atoms. The molecule has 0 radical (unpaired) electrons. The van der Waals surface area contributed by atoms with Crippen molar-refractivity contribution >= 4 is 5.91 Å². The van der Waals surface area contributed by atoms with Crippen LogP contribution in [0.15, 0.2) is 39.7 Å². The Kier molecular flexibility index (Phi) is 4.59. The van der Waals surface area contributed by atoms with Crippen LogP contribution in [-0.4, -0.2) is 25.7 Å². The third-order valence-electron chi connectivity index (χ3n) is 3.25. The van der Waals surface area contributed by atoms with E-state index >= 15 is 0 Å². The van der Waals surface area contributed by atoms with E-state index in [-0.39, 0.29) is 19.1 Å². The molecular weight excluding hydrogens is 288 g/mol. The van der Waals surface area contributed by atoms with Crippen LogP contribution in [0.2, 0.25) is 0 Å². The zero-order valence-electron chi connectivity index (χ0n) is 12.2. The average Bonchev–Trinajstić information content (AvgIpc) is 3.28. The molecule has 118 valence electrons. The summed E-state index contributed by atoms with van der Waals surface area (Å²) < 4.78 is 2.48. The first kappa shape index (κ1) is 15.7. The number of rotatable bonds is 7. The summed E-state index contributed by atoms with van der Waals surface area (Å²) in [6, 6.07) is 0.123. The van der Waals surface area contributed by atoms with Gasteiger partial charge in [0.1, 0.15) is 6.54 Å². The van der Waals surface area contributed by atoms with Crippen LogP contribution in [0.5, 0.6) is 0 Å². The molecule has 1 aliphatic carbocycles. The van der Waals surface area contributed by atoms with Crippen LogP contribution in [0, 0.1) is 0 Å². The zero-order valence-corrected chi connectivity index (χ0v) is 12.2. The van der Waals surface area contributed by atoms with Crippen molar-refractivity contribution in [1.82, 2.24) is 19.0 Å².